The second-order valence-corrected chi connectivity index (χ2v) is 8.66. The van der Waals surface area contributed by atoms with Gasteiger partial charge in [0.1, 0.15) is 5.82 Å². The largest absolute Gasteiger partial charge is 0.305 e. The normalized spacial score (nSPS) is 11.2. The number of fused-ring (bicyclic) bond motifs is 1. The molecule has 32 heavy (non-hydrogen) atoms. The van der Waals surface area contributed by atoms with E-state index in [0.29, 0.717) is 5.75 Å². The molecule has 0 aliphatic rings. The van der Waals surface area contributed by atoms with Gasteiger partial charge in [0.2, 0.25) is 0 Å². The lowest BCUT2D eigenvalue weighted by atomic mass is 10.0. The number of aryl methyl sites for hydroxylation is 1. The van der Waals surface area contributed by atoms with Crippen molar-refractivity contribution in [1.82, 2.24) is 19.7 Å². The Morgan fingerprint density at radius 2 is 1.66 bits per heavy atom. The average Bonchev–Trinajstić information content (AvgIpc) is 3.18. The van der Waals surface area contributed by atoms with Crippen molar-refractivity contribution >= 4 is 22.7 Å². The zero-order valence-corrected chi connectivity index (χ0v) is 18.6. The van der Waals surface area contributed by atoms with Crippen molar-refractivity contribution in [3.05, 3.63) is 95.8 Å². The highest BCUT2D eigenvalue weighted by Crippen LogP contribution is 2.33. The molecule has 2 aromatic heterocycles. The highest BCUT2D eigenvalue weighted by Gasteiger charge is 2.16. The molecule has 2 heterocycles. The first kappa shape index (κ1) is 20.4. The number of benzene rings is 3. The van der Waals surface area contributed by atoms with Crippen LogP contribution in [-0.2, 0) is 12.8 Å². The molecule has 0 fully saturated rings. The number of hydrogen-bond donors (Lipinski definition) is 0. The molecule has 0 unspecified atom stereocenters. The van der Waals surface area contributed by atoms with E-state index in [0.717, 1.165) is 44.3 Å². The molecule has 4 nitrogen and oxygen atoms in total. The zero-order chi connectivity index (χ0) is 22.1. The summed E-state index contributed by atoms with van der Waals surface area (Å²) in [6.45, 7) is 2.08. The number of pyridine rings is 1. The van der Waals surface area contributed by atoms with Gasteiger partial charge in [0.25, 0.3) is 0 Å². The standard InChI is InChI=1S/C26H21FN4S/c1-17-7-11-19(12-8-17)24-15-22(21-5-3-4-6-23(21)28-24)25-29-30-26(31(25)2)32-16-18-9-13-20(27)14-10-18/h3-15H,16H2,1-2H3. The van der Waals surface area contributed by atoms with Gasteiger partial charge in [-0.25, -0.2) is 9.37 Å². The second kappa shape index (κ2) is 8.55. The van der Waals surface area contributed by atoms with Crippen molar-refractivity contribution in [3.8, 4) is 22.6 Å². The average molecular weight is 441 g/mol. The number of para-hydroxylation sites is 1. The lowest BCUT2D eigenvalue weighted by Gasteiger charge is -2.10. The number of nitrogens with zero attached hydrogens (tertiary/aromatic N) is 4. The molecular weight excluding hydrogens is 419 g/mol. The fraction of sp³-hybridized carbons (Fsp3) is 0.115. The quantitative estimate of drug-likeness (QED) is 0.295. The van der Waals surface area contributed by atoms with Crippen molar-refractivity contribution in [1.29, 1.82) is 0 Å². The van der Waals surface area contributed by atoms with Gasteiger partial charge >= 0.3 is 0 Å². The minimum atomic E-state index is -0.228. The predicted molar refractivity (Wildman–Crippen MR) is 128 cm³/mol. The highest BCUT2D eigenvalue weighted by atomic mass is 32.2. The Hall–Kier alpha value is -3.51. The summed E-state index contributed by atoms with van der Waals surface area (Å²) >= 11 is 1.58. The summed E-state index contributed by atoms with van der Waals surface area (Å²) in [4.78, 5) is 4.89. The summed E-state index contributed by atoms with van der Waals surface area (Å²) in [6, 6.07) is 25.1. The molecular formula is C26H21FN4S. The van der Waals surface area contributed by atoms with Gasteiger partial charge in [0.15, 0.2) is 11.0 Å². The molecule has 6 heteroatoms. The van der Waals surface area contributed by atoms with E-state index in [2.05, 4.69) is 53.5 Å². The van der Waals surface area contributed by atoms with Gasteiger partial charge in [0, 0.05) is 29.3 Å². The Kier molecular flexibility index (Phi) is 5.45. The molecule has 0 aliphatic heterocycles. The van der Waals surface area contributed by atoms with Crippen molar-refractivity contribution in [2.24, 2.45) is 7.05 Å². The fourth-order valence-electron chi connectivity index (χ4n) is 3.64. The molecule has 0 saturated heterocycles. The highest BCUT2D eigenvalue weighted by molar-refractivity contribution is 7.98. The molecule has 0 saturated carbocycles. The topological polar surface area (TPSA) is 43.6 Å². The fourth-order valence-corrected chi connectivity index (χ4v) is 4.50. The molecule has 5 rings (SSSR count). The maximum Gasteiger partial charge on any atom is 0.191 e. The Morgan fingerprint density at radius 3 is 2.44 bits per heavy atom. The summed E-state index contributed by atoms with van der Waals surface area (Å²) in [5, 5.41) is 10.8. The third-order valence-electron chi connectivity index (χ3n) is 5.42. The number of thioether (sulfide) groups is 1. The summed E-state index contributed by atoms with van der Waals surface area (Å²) < 4.78 is 15.2. The first-order chi connectivity index (χ1) is 15.6. The minimum Gasteiger partial charge on any atom is -0.305 e. The van der Waals surface area contributed by atoms with E-state index in [9.17, 15) is 4.39 Å². The van der Waals surface area contributed by atoms with E-state index in [-0.39, 0.29) is 5.82 Å². The summed E-state index contributed by atoms with van der Waals surface area (Å²) in [7, 11) is 1.98. The van der Waals surface area contributed by atoms with Gasteiger partial charge in [-0.05, 0) is 36.8 Å². The third kappa shape index (κ3) is 4.01. The molecule has 3 aromatic carbocycles. The van der Waals surface area contributed by atoms with Crippen LogP contribution in [0.15, 0.2) is 84.0 Å². The smallest absolute Gasteiger partial charge is 0.191 e. The molecule has 158 valence electrons. The monoisotopic (exact) mass is 440 g/mol. The number of aromatic nitrogens is 4. The number of rotatable bonds is 5. The minimum absolute atomic E-state index is 0.228. The van der Waals surface area contributed by atoms with Crippen LogP contribution >= 0.6 is 11.8 Å². The lowest BCUT2D eigenvalue weighted by Crippen LogP contribution is -1.97. The van der Waals surface area contributed by atoms with Gasteiger partial charge in [-0.1, -0.05) is 71.9 Å². The van der Waals surface area contributed by atoms with Crippen LogP contribution in [0.3, 0.4) is 0 Å². The Labute approximate surface area is 190 Å². The van der Waals surface area contributed by atoms with Crippen LogP contribution in [0.4, 0.5) is 4.39 Å². The van der Waals surface area contributed by atoms with E-state index in [4.69, 9.17) is 4.98 Å². The molecule has 0 N–H and O–H groups in total. The third-order valence-corrected chi connectivity index (χ3v) is 6.51. The number of halogens is 1. The second-order valence-electron chi connectivity index (χ2n) is 7.72. The van der Waals surface area contributed by atoms with E-state index in [1.807, 2.05) is 29.8 Å². The van der Waals surface area contributed by atoms with E-state index >= 15 is 0 Å². The molecule has 0 spiro atoms. The van der Waals surface area contributed by atoms with Crippen LogP contribution in [0.5, 0.6) is 0 Å². The summed E-state index contributed by atoms with van der Waals surface area (Å²) in [5.41, 5.74) is 6.14. The van der Waals surface area contributed by atoms with E-state index in [1.165, 1.54) is 17.7 Å². The molecule has 5 aromatic rings. The van der Waals surface area contributed by atoms with Crippen LogP contribution in [0.1, 0.15) is 11.1 Å². The van der Waals surface area contributed by atoms with Gasteiger partial charge in [0.05, 0.1) is 11.2 Å². The lowest BCUT2D eigenvalue weighted by molar-refractivity contribution is 0.627. The molecule has 0 atom stereocenters. The first-order valence-electron chi connectivity index (χ1n) is 10.3. The van der Waals surface area contributed by atoms with E-state index in [1.54, 1.807) is 23.9 Å². The van der Waals surface area contributed by atoms with Crippen molar-refractivity contribution < 1.29 is 4.39 Å². The Balaban J connectivity index is 1.54. The maximum atomic E-state index is 13.2. The van der Waals surface area contributed by atoms with Crippen molar-refractivity contribution in [3.63, 3.8) is 0 Å². The Bertz CT molecular complexity index is 1390. The predicted octanol–water partition coefficient (Wildman–Crippen LogP) is 6.44. The van der Waals surface area contributed by atoms with Gasteiger partial charge < -0.3 is 4.57 Å². The summed E-state index contributed by atoms with van der Waals surface area (Å²) in [6.07, 6.45) is 0. The van der Waals surface area contributed by atoms with Crippen LogP contribution in [-0.4, -0.2) is 19.7 Å². The maximum absolute atomic E-state index is 13.2. The molecule has 0 radical (unpaired) electrons. The SMILES string of the molecule is Cc1ccc(-c2cc(-c3nnc(SCc4ccc(F)cc4)n3C)c3ccccc3n2)cc1. The zero-order valence-electron chi connectivity index (χ0n) is 17.8. The molecule has 0 amide bonds. The number of hydrogen-bond acceptors (Lipinski definition) is 4. The van der Waals surface area contributed by atoms with Crippen LogP contribution in [0.2, 0.25) is 0 Å². The molecule has 0 bridgehead atoms. The van der Waals surface area contributed by atoms with Gasteiger partial charge in [-0.2, -0.15) is 0 Å². The van der Waals surface area contributed by atoms with Crippen LogP contribution in [0, 0.1) is 12.7 Å². The van der Waals surface area contributed by atoms with Gasteiger partial charge in [-0.15, -0.1) is 10.2 Å². The van der Waals surface area contributed by atoms with E-state index < -0.39 is 0 Å². The van der Waals surface area contributed by atoms with Crippen molar-refractivity contribution in [2.75, 3.05) is 0 Å². The first-order valence-corrected chi connectivity index (χ1v) is 11.3. The van der Waals surface area contributed by atoms with Crippen LogP contribution in [0.25, 0.3) is 33.5 Å². The Morgan fingerprint density at radius 1 is 0.906 bits per heavy atom. The van der Waals surface area contributed by atoms with Crippen molar-refractivity contribution in [2.45, 2.75) is 17.8 Å². The van der Waals surface area contributed by atoms with Gasteiger partial charge in [-0.3, -0.25) is 0 Å². The van der Waals surface area contributed by atoms with Crippen LogP contribution < -0.4 is 0 Å². The molecule has 0 aliphatic carbocycles. The summed E-state index contributed by atoms with van der Waals surface area (Å²) in [5.74, 6) is 1.25.